The van der Waals surface area contributed by atoms with Crippen molar-refractivity contribution < 1.29 is 14.6 Å². The first-order valence-electron chi connectivity index (χ1n) is 2.84. The quantitative estimate of drug-likeness (QED) is 0.424. The Hall–Kier alpha value is -0.570. The predicted octanol–water partition coefficient (Wildman–Crippen LogP) is 1.19. The van der Waals surface area contributed by atoms with Crippen molar-refractivity contribution in [2.75, 3.05) is 0 Å². The minimum atomic E-state index is -0.391. The molecule has 0 bridgehead atoms. The molecule has 0 aliphatic heterocycles. The largest absolute Gasteiger partial charge is 0.453 e. The van der Waals surface area contributed by atoms with Crippen molar-refractivity contribution in [3.63, 3.8) is 0 Å². The molecule has 3 heteroatoms. The molecule has 0 spiro atoms. The lowest BCUT2D eigenvalue weighted by Gasteiger charge is -2.18. The molecule has 0 aliphatic rings. The lowest BCUT2D eigenvalue weighted by Crippen LogP contribution is -2.22. The fourth-order valence-electron chi connectivity index (χ4n) is 0.189. The van der Waals surface area contributed by atoms with Gasteiger partial charge < -0.3 is 0 Å². The van der Waals surface area contributed by atoms with E-state index in [0.29, 0.717) is 0 Å². The molecule has 0 amide bonds. The summed E-state index contributed by atoms with van der Waals surface area (Å²) < 4.78 is 0. The van der Waals surface area contributed by atoms with Crippen LogP contribution in [0.15, 0.2) is 0 Å². The predicted molar refractivity (Wildman–Crippen MR) is 32.2 cm³/mol. The van der Waals surface area contributed by atoms with Crippen LogP contribution in [0.1, 0.15) is 27.2 Å². The minimum Gasteiger partial charge on any atom is -0.285 e. The fraction of sp³-hybridized carbons (Fsp3) is 0.833. The normalized spacial score (nSPS) is 11.0. The van der Waals surface area contributed by atoms with Crippen LogP contribution in [0.4, 0.5) is 0 Å². The Morgan fingerprint density at radius 2 is 2.11 bits per heavy atom. The van der Waals surface area contributed by atoms with Gasteiger partial charge in [0.1, 0.15) is 5.60 Å². The van der Waals surface area contributed by atoms with Crippen LogP contribution < -0.4 is 0 Å². The zero-order valence-corrected chi connectivity index (χ0v) is 5.93. The zero-order valence-electron chi connectivity index (χ0n) is 5.93. The fourth-order valence-corrected chi connectivity index (χ4v) is 0.189. The van der Waals surface area contributed by atoms with Gasteiger partial charge in [0.05, 0.1) is 0 Å². The van der Waals surface area contributed by atoms with Gasteiger partial charge in [0.2, 0.25) is 0 Å². The number of hydrogen-bond acceptors (Lipinski definition) is 3. The topological polar surface area (TPSA) is 35.5 Å². The minimum absolute atomic E-state index is 0.391. The van der Waals surface area contributed by atoms with E-state index < -0.39 is 5.60 Å². The molecule has 9 heavy (non-hydrogen) atoms. The summed E-state index contributed by atoms with van der Waals surface area (Å²) in [5.74, 6) is 0. The van der Waals surface area contributed by atoms with Gasteiger partial charge in [-0.2, -0.15) is 4.89 Å². The third kappa shape index (κ3) is 3.97. The van der Waals surface area contributed by atoms with Crippen LogP contribution >= 0.6 is 0 Å². The molecular formula is C6H11O3. The van der Waals surface area contributed by atoms with Crippen molar-refractivity contribution in [2.45, 2.75) is 32.8 Å². The van der Waals surface area contributed by atoms with Gasteiger partial charge in [0.15, 0.2) is 0 Å². The zero-order chi connectivity index (χ0) is 7.33. The molecule has 0 saturated carbocycles. The maximum atomic E-state index is 9.50. The SMILES string of the molecule is CCC(C)(C)OO[C]=O. The number of hydrogen-bond donors (Lipinski definition) is 0. The smallest absolute Gasteiger partial charge is 0.285 e. The van der Waals surface area contributed by atoms with E-state index in [1.165, 1.54) is 6.47 Å². The molecule has 0 saturated heterocycles. The standard InChI is InChI=1S/C6H11O3/c1-4-6(2,3)9-8-5-7/h4H2,1-3H3. The summed E-state index contributed by atoms with van der Waals surface area (Å²) in [5.41, 5.74) is -0.391. The Bertz CT molecular complexity index is 88.3. The molecule has 0 N–H and O–H groups in total. The van der Waals surface area contributed by atoms with Crippen molar-refractivity contribution in [1.29, 1.82) is 0 Å². The van der Waals surface area contributed by atoms with Gasteiger partial charge >= 0.3 is 6.47 Å². The molecule has 0 aromatic carbocycles. The average Bonchev–Trinajstić information content (AvgIpc) is 1.84. The lowest BCUT2D eigenvalue weighted by atomic mass is 10.1. The first-order chi connectivity index (χ1) is 4.12. The van der Waals surface area contributed by atoms with Gasteiger partial charge in [0, 0.05) is 0 Å². The van der Waals surface area contributed by atoms with Gasteiger partial charge in [0.25, 0.3) is 0 Å². The first-order valence-corrected chi connectivity index (χ1v) is 2.84. The van der Waals surface area contributed by atoms with E-state index in [4.69, 9.17) is 0 Å². The molecule has 53 valence electrons. The van der Waals surface area contributed by atoms with Crippen molar-refractivity contribution in [3.05, 3.63) is 0 Å². The van der Waals surface area contributed by atoms with Crippen LogP contribution in [0.5, 0.6) is 0 Å². The molecule has 3 nitrogen and oxygen atoms in total. The maximum Gasteiger partial charge on any atom is 0.453 e. The highest BCUT2D eigenvalue weighted by Gasteiger charge is 2.16. The van der Waals surface area contributed by atoms with E-state index >= 15 is 0 Å². The van der Waals surface area contributed by atoms with Gasteiger partial charge in [-0.3, -0.25) is 4.89 Å². The number of rotatable bonds is 4. The van der Waals surface area contributed by atoms with E-state index in [9.17, 15) is 4.79 Å². The Kier molecular flexibility index (Phi) is 3.24. The molecule has 1 radical (unpaired) electrons. The molecule has 0 unspecified atom stereocenters. The van der Waals surface area contributed by atoms with Gasteiger partial charge in [-0.25, -0.2) is 4.79 Å². The van der Waals surface area contributed by atoms with E-state index in [1.807, 2.05) is 20.8 Å². The molecule has 0 atom stereocenters. The summed E-state index contributed by atoms with van der Waals surface area (Å²) in [6, 6.07) is 0. The summed E-state index contributed by atoms with van der Waals surface area (Å²) in [6.45, 7) is 6.77. The van der Waals surface area contributed by atoms with E-state index in [0.717, 1.165) is 6.42 Å². The van der Waals surface area contributed by atoms with Crippen LogP contribution in [0, 0.1) is 0 Å². The highest BCUT2D eigenvalue weighted by atomic mass is 17.2. The van der Waals surface area contributed by atoms with Gasteiger partial charge in [-0.05, 0) is 20.3 Å². The van der Waals surface area contributed by atoms with Gasteiger partial charge in [-0.15, -0.1) is 0 Å². The highest BCUT2D eigenvalue weighted by Crippen LogP contribution is 2.12. The van der Waals surface area contributed by atoms with Crippen LogP contribution in [0.25, 0.3) is 0 Å². The van der Waals surface area contributed by atoms with Crippen LogP contribution in [0.2, 0.25) is 0 Å². The third-order valence-corrected chi connectivity index (χ3v) is 1.15. The third-order valence-electron chi connectivity index (χ3n) is 1.15. The molecular weight excluding hydrogens is 120 g/mol. The molecule has 0 fully saturated rings. The summed E-state index contributed by atoms with van der Waals surface area (Å²) in [4.78, 5) is 18.1. The number of carbonyl (C=O) groups excluding carboxylic acids is 1. The van der Waals surface area contributed by atoms with Crippen molar-refractivity contribution >= 4 is 6.47 Å². The van der Waals surface area contributed by atoms with Crippen molar-refractivity contribution in [3.8, 4) is 0 Å². The highest BCUT2D eigenvalue weighted by molar-refractivity contribution is 5.36. The van der Waals surface area contributed by atoms with E-state index in [2.05, 4.69) is 9.78 Å². The Morgan fingerprint density at radius 1 is 1.56 bits per heavy atom. The van der Waals surface area contributed by atoms with Crippen molar-refractivity contribution in [2.24, 2.45) is 0 Å². The molecule has 0 aromatic rings. The Balaban J connectivity index is 3.44. The van der Waals surface area contributed by atoms with Gasteiger partial charge in [-0.1, -0.05) is 6.92 Å². The van der Waals surface area contributed by atoms with E-state index in [1.54, 1.807) is 0 Å². The molecule has 0 heterocycles. The second-order valence-electron chi connectivity index (χ2n) is 2.36. The molecule has 0 aromatic heterocycles. The Labute approximate surface area is 54.9 Å². The Morgan fingerprint density at radius 3 is 2.44 bits per heavy atom. The second kappa shape index (κ2) is 3.45. The maximum absolute atomic E-state index is 9.50. The average molecular weight is 131 g/mol. The van der Waals surface area contributed by atoms with Crippen LogP contribution in [0.3, 0.4) is 0 Å². The van der Waals surface area contributed by atoms with Crippen LogP contribution in [-0.2, 0) is 14.6 Å². The molecule has 0 aliphatic carbocycles. The second-order valence-corrected chi connectivity index (χ2v) is 2.36. The van der Waals surface area contributed by atoms with E-state index in [-0.39, 0.29) is 0 Å². The summed E-state index contributed by atoms with van der Waals surface area (Å²) in [5, 5.41) is 0. The summed E-state index contributed by atoms with van der Waals surface area (Å²) in [6.07, 6.45) is 0.786. The summed E-state index contributed by atoms with van der Waals surface area (Å²) >= 11 is 0. The van der Waals surface area contributed by atoms with Crippen LogP contribution in [-0.4, -0.2) is 12.1 Å². The molecule has 0 rings (SSSR count). The summed E-state index contributed by atoms with van der Waals surface area (Å²) in [7, 11) is 0. The van der Waals surface area contributed by atoms with Crippen molar-refractivity contribution in [1.82, 2.24) is 0 Å². The monoisotopic (exact) mass is 131 g/mol. The first kappa shape index (κ1) is 8.43. The lowest BCUT2D eigenvalue weighted by molar-refractivity contribution is -0.294.